The fourth-order valence-corrected chi connectivity index (χ4v) is 4.51. The molecule has 7 heteroatoms. The molecule has 4 rings (SSSR count). The van der Waals surface area contributed by atoms with Crippen LogP contribution in [0.15, 0.2) is 29.3 Å². The zero-order valence-electron chi connectivity index (χ0n) is 14.8. The van der Waals surface area contributed by atoms with Gasteiger partial charge in [-0.25, -0.2) is 4.98 Å². The van der Waals surface area contributed by atoms with Gasteiger partial charge < -0.3 is 10.6 Å². The van der Waals surface area contributed by atoms with E-state index < -0.39 is 0 Å². The van der Waals surface area contributed by atoms with Crippen LogP contribution in [0, 0.1) is 13.8 Å². The number of benzene rings is 1. The standard InChI is InChI=1S/C19H20N4O2S/c1-11-12(2)26-18-17(11)19(25)22(10-21-18)9-16(24)23-8-4-5-13-14(20)6-3-7-15(13)23/h3,6-7,10H,4-5,8-9,20H2,1-2H3. The molecule has 1 amide bonds. The number of amides is 1. The van der Waals surface area contributed by atoms with E-state index in [0.29, 0.717) is 17.6 Å². The molecule has 0 atom stereocenters. The molecule has 0 radical (unpaired) electrons. The van der Waals surface area contributed by atoms with Crippen LogP contribution in [-0.2, 0) is 17.8 Å². The van der Waals surface area contributed by atoms with Gasteiger partial charge >= 0.3 is 0 Å². The zero-order chi connectivity index (χ0) is 18.4. The quantitative estimate of drug-likeness (QED) is 0.705. The maximum atomic E-state index is 12.9. The van der Waals surface area contributed by atoms with Crippen molar-refractivity contribution in [3.63, 3.8) is 0 Å². The largest absolute Gasteiger partial charge is 0.398 e. The molecule has 0 saturated heterocycles. The molecular formula is C19H20N4O2S. The monoisotopic (exact) mass is 368 g/mol. The highest BCUT2D eigenvalue weighted by Gasteiger charge is 2.24. The summed E-state index contributed by atoms with van der Waals surface area (Å²) in [7, 11) is 0. The van der Waals surface area contributed by atoms with Gasteiger partial charge in [0.2, 0.25) is 5.91 Å². The summed E-state index contributed by atoms with van der Waals surface area (Å²) in [6, 6.07) is 5.63. The third-order valence-electron chi connectivity index (χ3n) is 5.05. The number of aryl methyl sites for hydroxylation is 2. The first-order valence-electron chi connectivity index (χ1n) is 8.60. The lowest BCUT2D eigenvalue weighted by Gasteiger charge is -2.30. The van der Waals surface area contributed by atoms with Crippen LogP contribution in [0.2, 0.25) is 0 Å². The first-order chi connectivity index (χ1) is 12.5. The van der Waals surface area contributed by atoms with Crippen molar-refractivity contribution >= 4 is 38.8 Å². The van der Waals surface area contributed by atoms with Gasteiger partial charge in [0.15, 0.2) is 0 Å². The minimum Gasteiger partial charge on any atom is -0.398 e. The number of nitrogen functional groups attached to an aromatic ring is 1. The highest BCUT2D eigenvalue weighted by Crippen LogP contribution is 2.31. The van der Waals surface area contributed by atoms with Gasteiger partial charge in [0.1, 0.15) is 11.4 Å². The summed E-state index contributed by atoms with van der Waals surface area (Å²) in [6.07, 6.45) is 3.21. The molecule has 134 valence electrons. The van der Waals surface area contributed by atoms with Gasteiger partial charge in [-0.05, 0) is 49.9 Å². The first-order valence-corrected chi connectivity index (χ1v) is 9.42. The molecule has 26 heavy (non-hydrogen) atoms. The number of carbonyl (C=O) groups is 1. The summed E-state index contributed by atoms with van der Waals surface area (Å²) in [5.74, 6) is -0.121. The summed E-state index contributed by atoms with van der Waals surface area (Å²) in [4.78, 5) is 33.6. The van der Waals surface area contributed by atoms with Crippen LogP contribution in [0.3, 0.4) is 0 Å². The molecule has 0 saturated carbocycles. The zero-order valence-corrected chi connectivity index (χ0v) is 15.6. The van der Waals surface area contributed by atoms with E-state index in [9.17, 15) is 9.59 Å². The van der Waals surface area contributed by atoms with Crippen LogP contribution < -0.4 is 16.2 Å². The van der Waals surface area contributed by atoms with Gasteiger partial charge in [0.25, 0.3) is 5.56 Å². The fraction of sp³-hybridized carbons (Fsp3) is 0.316. The van der Waals surface area contributed by atoms with Crippen LogP contribution in [0.25, 0.3) is 10.2 Å². The van der Waals surface area contributed by atoms with E-state index in [0.717, 1.165) is 39.4 Å². The van der Waals surface area contributed by atoms with Gasteiger partial charge in [-0.1, -0.05) is 6.07 Å². The van der Waals surface area contributed by atoms with Gasteiger partial charge in [-0.15, -0.1) is 11.3 Å². The molecular weight excluding hydrogens is 348 g/mol. The van der Waals surface area contributed by atoms with E-state index in [1.807, 2.05) is 32.0 Å². The number of nitrogens with two attached hydrogens (primary N) is 1. The third kappa shape index (κ3) is 2.59. The normalized spacial score (nSPS) is 13.8. The summed E-state index contributed by atoms with van der Waals surface area (Å²) in [5, 5.41) is 0.617. The topological polar surface area (TPSA) is 81.2 Å². The average molecular weight is 368 g/mol. The van der Waals surface area contributed by atoms with Crippen LogP contribution in [0.1, 0.15) is 22.4 Å². The molecule has 0 fully saturated rings. The van der Waals surface area contributed by atoms with E-state index in [-0.39, 0.29) is 18.0 Å². The SMILES string of the molecule is Cc1sc2ncn(CC(=O)N3CCCc4c(N)cccc43)c(=O)c2c1C. The first kappa shape index (κ1) is 16.8. The number of aromatic nitrogens is 2. The smallest absolute Gasteiger partial charge is 0.262 e. The number of hydrogen-bond donors (Lipinski definition) is 1. The Kier molecular flexibility index (Phi) is 4.03. The molecule has 0 bridgehead atoms. The summed E-state index contributed by atoms with van der Waals surface area (Å²) in [6.45, 7) is 4.51. The maximum absolute atomic E-state index is 12.9. The summed E-state index contributed by atoms with van der Waals surface area (Å²) < 4.78 is 1.41. The van der Waals surface area contributed by atoms with Crippen molar-refractivity contribution in [3.8, 4) is 0 Å². The predicted octanol–water partition coefficient (Wildman–Crippen LogP) is 2.64. The Labute approximate surface area is 154 Å². The molecule has 3 heterocycles. The molecule has 1 aliphatic heterocycles. The van der Waals surface area contributed by atoms with Gasteiger partial charge in [-0.3, -0.25) is 14.2 Å². The minimum atomic E-state index is -0.157. The number of hydrogen-bond acceptors (Lipinski definition) is 5. The molecule has 6 nitrogen and oxygen atoms in total. The minimum absolute atomic E-state index is 0.0235. The number of nitrogens with zero attached hydrogens (tertiary/aromatic N) is 3. The Morgan fingerprint density at radius 1 is 1.35 bits per heavy atom. The van der Waals surface area contributed by atoms with Crippen molar-refractivity contribution in [2.75, 3.05) is 17.2 Å². The van der Waals surface area contributed by atoms with E-state index in [4.69, 9.17) is 5.73 Å². The van der Waals surface area contributed by atoms with E-state index in [1.165, 1.54) is 22.2 Å². The second-order valence-electron chi connectivity index (χ2n) is 6.63. The lowest BCUT2D eigenvalue weighted by molar-refractivity contribution is -0.119. The number of fused-ring (bicyclic) bond motifs is 2. The van der Waals surface area contributed by atoms with Crippen LogP contribution in [-0.4, -0.2) is 22.0 Å². The summed E-state index contributed by atoms with van der Waals surface area (Å²) >= 11 is 1.51. The molecule has 3 aromatic rings. The van der Waals surface area contributed by atoms with E-state index >= 15 is 0 Å². The number of rotatable bonds is 2. The van der Waals surface area contributed by atoms with Gasteiger partial charge in [-0.2, -0.15) is 0 Å². The Hall–Kier alpha value is -2.67. The van der Waals surface area contributed by atoms with Crippen molar-refractivity contribution in [2.24, 2.45) is 0 Å². The lowest BCUT2D eigenvalue weighted by Crippen LogP contribution is -2.39. The fourth-order valence-electron chi connectivity index (χ4n) is 3.52. The number of carbonyl (C=O) groups excluding carboxylic acids is 1. The van der Waals surface area contributed by atoms with E-state index in [2.05, 4.69) is 4.98 Å². The third-order valence-corrected chi connectivity index (χ3v) is 6.16. The van der Waals surface area contributed by atoms with E-state index in [1.54, 1.807) is 4.90 Å². The van der Waals surface area contributed by atoms with Gasteiger partial charge in [0.05, 0.1) is 11.7 Å². The van der Waals surface area contributed by atoms with Crippen molar-refractivity contribution in [3.05, 3.63) is 50.9 Å². The van der Waals surface area contributed by atoms with Crippen LogP contribution in [0.4, 0.5) is 11.4 Å². The molecule has 2 N–H and O–H groups in total. The second-order valence-corrected chi connectivity index (χ2v) is 7.84. The predicted molar refractivity (Wildman–Crippen MR) is 105 cm³/mol. The molecule has 2 aromatic heterocycles. The van der Waals surface area contributed by atoms with Crippen molar-refractivity contribution in [1.82, 2.24) is 9.55 Å². The van der Waals surface area contributed by atoms with Gasteiger partial charge in [0, 0.05) is 22.8 Å². The Balaban J connectivity index is 1.69. The maximum Gasteiger partial charge on any atom is 0.262 e. The van der Waals surface area contributed by atoms with Crippen LogP contribution >= 0.6 is 11.3 Å². The Morgan fingerprint density at radius 3 is 2.96 bits per heavy atom. The van der Waals surface area contributed by atoms with Crippen molar-refractivity contribution in [1.29, 1.82) is 0 Å². The molecule has 1 aliphatic rings. The molecule has 1 aromatic carbocycles. The Morgan fingerprint density at radius 2 is 2.15 bits per heavy atom. The summed E-state index contributed by atoms with van der Waals surface area (Å²) in [5.41, 5.74) is 9.42. The Bertz CT molecular complexity index is 1080. The number of anilines is 2. The van der Waals surface area contributed by atoms with Crippen LogP contribution in [0.5, 0.6) is 0 Å². The number of thiophene rings is 1. The molecule has 0 unspecified atom stereocenters. The van der Waals surface area contributed by atoms with Crippen molar-refractivity contribution < 1.29 is 4.79 Å². The highest BCUT2D eigenvalue weighted by atomic mass is 32.1. The molecule has 0 spiro atoms. The lowest BCUT2D eigenvalue weighted by atomic mass is 10.00. The van der Waals surface area contributed by atoms with Crippen molar-refractivity contribution in [2.45, 2.75) is 33.2 Å². The highest BCUT2D eigenvalue weighted by molar-refractivity contribution is 7.18. The average Bonchev–Trinajstić information content (AvgIpc) is 2.92. The molecule has 0 aliphatic carbocycles. The second kappa shape index (κ2) is 6.25.